The van der Waals surface area contributed by atoms with Crippen molar-refractivity contribution in [1.29, 1.82) is 0 Å². The molecule has 1 saturated heterocycles. The summed E-state index contributed by atoms with van der Waals surface area (Å²) in [5.74, 6) is -3.96. The highest BCUT2D eigenvalue weighted by atomic mass is 32.2. The van der Waals surface area contributed by atoms with Crippen molar-refractivity contribution in [2.45, 2.75) is 25.9 Å². The third-order valence-corrected chi connectivity index (χ3v) is 4.59. The van der Waals surface area contributed by atoms with Crippen LogP contribution in [0.4, 0.5) is 23.8 Å². The second-order valence-corrected chi connectivity index (χ2v) is 8.97. The Morgan fingerprint density at radius 2 is 1.91 bits per heavy atom. The molecule has 9 nitrogen and oxygen atoms in total. The van der Waals surface area contributed by atoms with Gasteiger partial charge in [0, 0.05) is 19.0 Å². The predicted octanol–water partition coefficient (Wildman–Crippen LogP) is 3.13. The highest BCUT2D eigenvalue weighted by molar-refractivity contribution is 7.85. The second kappa shape index (κ2) is 11.3. The number of nitrogens with one attached hydrogen (secondary N) is 1. The van der Waals surface area contributed by atoms with Crippen LogP contribution in [0.5, 0.6) is 0 Å². The standard InChI is InChI=1S/C19H21F3N4O2.CH4O3S/c1-13-8-24-17(10-23-13)25-9-15-6-7-26(12-19(15,21)22)18(27)28-11-14-2-4-16(20)5-3-14;1-5(2,3)4/h2-5,8,10,15H,6-7,9,11-12H2,1H3,(H,24,25);1H3,(H,2,3,4)/t15-;/m1./s1. The van der Waals surface area contributed by atoms with Crippen molar-refractivity contribution in [2.24, 2.45) is 5.92 Å². The highest BCUT2D eigenvalue weighted by Crippen LogP contribution is 2.33. The maximum absolute atomic E-state index is 14.5. The first-order valence-electron chi connectivity index (χ1n) is 9.82. The third-order valence-electron chi connectivity index (χ3n) is 4.59. The number of piperidine rings is 1. The highest BCUT2D eigenvalue weighted by Gasteiger charge is 2.46. The van der Waals surface area contributed by atoms with Crippen LogP contribution in [0, 0.1) is 18.7 Å². The molecule has 13 heteroatoms. The summed E-state index contributed by atoms with van der Waals surface area (Å²) >= 11 is 0. The molecule has 0 aliphatic carbocycles. The largest absolute Gasteiger partial charge is 0.445 e. The van der Waals surface area contributed by atoms with Gasteiger partial charge in [0.05, 0.1) is 30.9 Å². The molecular formula is C20H25F3N4O5S. The molecule has 1 aromatic heterocycles. The Morgan fingerprint density at radius 1 is 1.27 bits per heavy atom. The van der Waals surface area contributed by atoms with Crippen LogP contribution in [0.1, 0.15) is 17.7 Å². The smallest absolute Gasteiger partial charge is 0.410 e. The van der Waals surface area contributed by atoms with Crippen molar-refractivity contribution in [2.75, 3.05) is 31.2 Å². The fraction of sp³-hybridized carbons (Fsp3) is 0.450. The van der Waals surface area contributed by atoms with E-state index < -0.39 is 40.4 Å². The van der Waals surface area contributed by atoms with Crippen molar-refractivity contribution in [1.82, 2.24) is 14.9 Å². The molecule has 2 heterocycles. The minimum absolute atomic E-state index is 0.0310. The summed E-state index contributed by atoms with van der Waals surface area (Å²) in [7, 11) is -3.67. The first kappa shape index (κ1) is 26.3. The number of alkyl halides is 2. The van der Waals surface area contributed by atoms with E-state index in [9.17, 15) is 26.4 Å². The molecule has 0 unspecified atom stereocenters. The van der Waals surface area contributed by atoms with E-state index in [1.807, 2.05) is 0 Å². The van der Waals surface area contributed by atoms with Gasteiger partial charge in [0.2, 0.25) is 0 Å². The zero-order valence-corrected chi connectivity index (χ0v) is 18.9. The Hall–Kier alpha value is -2.93. The van der Waals surface area contributed by atoms with E-state index in [4.69, 9.17) is 9.29 Å². The summed E-state index contributed by atoms with van der Waals surface area (Å²) in [6.07, 6.45) is 3.09. The monoisotopic (exact) mass is 490 g/mol. The Morgan fingerprint density at radius 3 is 2.45 bits per heavy atom. The number of carbonyl (C=O) groups is 1. The van der Waals surface area contributed by atoms with Crippen LogP contribution in [-0.4, -0.2) is 65.7 Å². The van der Waals surface area contributed by atoms with Crippen LogP contribution in [0.3, 0.4) is 0 Å². The lowest BCUT2D eigenvalue weighted by Crippen LogP contribution is -2.52. The molecule has 0 spiro atoms. The van der Waals surface area contributed by atoms with Gasteiger partial charge in [-0.25, -0.2) is 22.9 Å². The van der Waals surface area contributed by atoms with Gasteiger partial charge >= 0.3 is 6.09 Å². The Kier molecular flexibility index (Phi) is 8.99. The quantitative estimate of drug-likeness (QED) is 0.613. The Balaban J connectivity index is 0.000000696. The third kappa shape index (κ3) is 9.61. The second-order valence-electron chi connectivity index (χ2n) is 7.51. The average molecular weight is 491 g/mol. The number of hydrogen-bond donors (Lipinski definition) is 2. The van der Waals surface area contributed by atoms with E-state index in [-0.39, 0.29) is 26.1 Å². The predicted molar refractivity (Wildman–Crippen MR) is 114 cm³/mol. The number of aromatic nitrogens is 2. The maximum Gasteiger partial charge on any atom is 0.410 e. The molecule has 33 heavy (non-hydrogen) atoms. The molecule has 2 N–H and O–H groups in total. The Labute approximate surface area is 189 Å². The molecule has 1 aromatic carbocycles. The van der Waals surface area contributed by atoms with Crippen molar-refractivity contribution in [3.05, 3.63) is 53.7 Å². The van der Waals surface area contributed by atoms with Crippen LogP contribution in [-0.2, 0) is 21.5 Å². The number of hydrogen-bond acceptors (Lipinski definition) is 7. The molecule has 0 radical (unpaired) electrons. The van der Waals surface area contributed by atoms with Gasteiger partial charge in [0.1, 0.15) is 18.2 Å². The van der Waals surface area contributed by atoms with E-state index in [2.05, 4.69) is 15.3 Å². The van der Waals surface area contributed by atoms with Gasteiger partial charge < -0.3 is 15.0 Å². The van der Waals surface area contributed by atoms with E-state index in [1.54, 1.807) is 13.1 Å². The molecule has 182 valence electrons. The number of halogens is 3. The van der Waals surface area contributed by atoms with Gasteiger partial charge in [-0.2, -0.15) is 8.42 Å². The minimum atomic E-state index is -3.67. The summed E-state index contributed by atoms with van der Waals surface area (Å²) in [4.78, 5) is 21.3. The normalized spacial score (nSPS) is 17.5. The van der Waals surface area contributed by atoms with E-state index >= 15 is 0 Å². The molecule has 0 bridgehead atoms. The first-order valence-corrected chi connectivity index (χ1v) is 11.7. The number of anilines is 1. The number of carbonyl (C=O) groups excluding carboxylic acids is 1. The summed E-state index contributed by atoms with van der Waals surface area (Å²) in [6, 6.07) is 5.44. The topological polar surface area (TPSA) is 122 Å². The van der Waals surface area contributed by atoms with Crippen molar-refractivity contribution in [3.8, 4) is 0 Å². The van der Waals surface area contributed by atoms with Gasteiger partial charge in [-0.3, -0.25) is 9.54 Å². The molecule has 0 saturated carbocycles. The number of likely N-dealkylation sites (tertiary alicyclic amines) is 1. The lowest BCUT2D eigenvalue weighted by molar-refractivity contribution is -0.101. The van der Waals surface area contributed by atoms with Crippen molar-refractivity contribution < 1.29 is 35.7 Å². The molecule has 1 fully saturated rings. The number of amides is 1. The summed E-state index contributed by atoms with van der Waals surface area (Å²) in [5, 5.41) is 2.87. The number of aryl methyl sites for hydroxylation is 1. The Bertz CT molecular complexity index is 1010. The average Bonchev–Trinajstić information content (AvgIpc) is 2.71. The lowest BCUT2D eigenvalue weighted by atomic mass is 9.93. The summed E-state index contributed by atoms with van der Waals surface area (Å²) in [5.41, 5.74) is 1.32. The van der Waals surface area contributed by atoms with E-state index in [0.29, 0.717) is 17.6 Å². The molecule has 2 aromatic rings. The van der Waals surface area contributed by atoms with Gasteiger partial charge in [-0.05, 0) is 31.0 Å². The molecule has 3 rings (SSSR count). The fourth-order valence-electron chi connectivity index (χ4n) is 2.92. The number of nitrogens with zero attached hydrogens (tertiary/aromatic N) is 3. The van der Waals surface area contributed by atoms with Crippen LogP contribution in [0.2, 0.25) is 0 Å². The molecule has 1 aliphatic rings. The molecule has 1 aliphatic heterocycles. The van der Waals surface area contributed by atoms with Crippen LogP contribution < -0.4 is 5.32 Å². The molecule has 1 amide bonds. The van der Waals surface area contributed by atoms with E-state index in [1.165, 1.54) is 30.5 Å². The molecule has 1 atom stereocenters. The van der Waals surface area contributed by atoms with E-state index in [0.717, 1.165) is 10.6 Å². The van der Waals surface area contributed by atoms with Gasteiger partial charge in [-0.15, -0.1) is 0 Å². The zero-order valence-electron chi connectivity index (χ0n) is 18.0. The van der Waals surface area contributed by atoms with Crippen molar-refractivity contribution in [3.63, 3.8) is 0 Å². The van der Waals surface area contributed by atoms with Crippen LogP contribution in [0.15, 0.2) is 36.7 Å². The van der Waals surface area contributed by atoms with Gasteiger partial charge in [-0.1, -0.05) is 12.1 Å². The minimum Gasteiger partial charge on any atom is -0.445 e. The SMILES string of the molecule is CS(=O)(=O)O.Cc1cnc(NC[C@H]2CCN(C(=O)OCc3ccc(F)cc3)CC2(F)F)cn1. The first-order chi connectivity index (χ1) is 15.3. The summed E-state index contributed by atoms with van der Waals surface area (Å²) < 4.78 is 72.8. The van der Waals surface area contributed by atoms with Gasteiger partial charge in [0.25, 0.3) is 16.0 Å². The van der Waals surface area contributed by atoms with Gasteiger partial charge in [0.15, 0.2) is 0 Å². The van der Waals surface area contributed by atoms with Crippen molar-refractivity contribution >= 4 is 22.0 Å². The number of rotatable bonds is 5. The number of ether oxygens (including phenoxy) is 1. The number of benzene rings is 1. The lowest BCUT2D eigenvalue weighted by Gasteiger charge is -2.37. The summed E-state index contributed by atoms with van der Waals surface area (Å²) in [6.45, 7) is 1.18. The maximum atomic E-state index is 14.5. The zero-order chi connectivity index (χ0) is 24.6. The van der Waals surface area contributed by atoms with Crippen LogP contribution in [0.25, 0.3) is 0 Å². The fourth-order valence-corrected chi connectivity index (χ4v) is 2.92. The van der Waals surface area contributed by atoms with Crippen LogP contribution >= 0.6 is 0 Å². The molecular weight excluding hydrogens is 465 g/mol.